The maximum absolute atomic E-state index is 14.3. The van der Waals surface area contributed by atoms with E-state index < -0.39 is 23.7 Å². The van der Waals surface area contributed by atoms with Crippen molar-refractivity contribution in [2.24, 2.45) is 0 Å². The monoisotopic (exact) mass is 599 g/mol. The lowest BCUT2D eigenvalue weighted by Gasteiger charge is -2.42. The molecule has 2 aliphatic rings. The minimum Gasteiger partial charge on any atom is -0.378 e. The highest BCUT2D eigenvalue weighted by Gasteiger charge is 2.44. The number of aryl methyl sites for hydroxylation is 1. The molecule has 4 aromatic rings. The van der Waals surface area contributed by atoms with Gasteiger partial charge in [0.15, 0.2) is 0 Å². The minimum atomic E-state index is -4.52. The maximum Gasteiger partial charge on any atom is 0.416 e. The van der Waals surface area contributed by atoms with Crippen LogP contribution in [0, 0.1) is 6.92 Å². The molecule has 226 valence electrons. The second kappa shape index (κ2) is 12.2. The molecule has 0 spiro atoms. The van der Waals surface area contributed by atoms with Crippen LogP contribution in [0.25, 0.3) is 0 Å². The first-order chi connectivity index (χ1) is 21.2. The number of alkyl halides is 3. The van der Waals surface area contributed by atoms with E-state index in [1.165, 1.54) is 12.1 Å². The summed E-state index contributed by atoms with van der Waals surface area (Å²) < 4.78 is 45.9. The molecule has 0 radical (unpaired) electrons. The second-order valence-electron chi connectivity index (χ2n) is 11.2. The first kappa shape index (κ1) is 29.4. The first-order valence-corrected chi connectivity index (χ1v) is 14.6. The second-order valence-corrected chi connectivity index (χ2v) is 11.2. The van der Waals surface area contributed by atoms with Gasteiger partial charge >= 0.3 is 6.18 Å². The van der Waals surface area contributed by atoms with Gasteiger partial charge in [-0.15, -0.1) is 0 Å². The molecule has 1 fully saturated rings. The standard InChI is InChI=1S/C35H32F3N3O3/c1-23-9-11-24(12-10-23)22-41-32(25-13-15-26(16-14-25)35(36,37)38)31(29-7-2-3-8-30(29)34(41)43)33(42)39-27-5-4-6-28(21-27)40-17-19-44-20-18-40/h2-16,21,31-32H,17-20,22H2,1H3,(H,39,42)/t31-,32+/m1/s1. The quantitative estimate of drug-likeness (QED) is 0.260. The number of benzene rings is 4. The number of rotatable bonds is 6. The number of hydrogen-bond acceptors (Lipinski definition) is 4. The third-order valence-corrected chi connectivity index (χ3v) is 8.26. The van der Waals surface area contributed by atoms with Crippen molar-refractivity contribution in [3.05, 3.63) is 130 Å². The molecular formula is C35H32F3N3O3. The molecule has 0 aliphatic carbocycles. The van der Waals surface area contributed by atoms with Crippen molar-refractivity contribution in [3.63, 3.8) is 0 Å². The van der Waals surface area contributed by atoms with E-state index in [-0.39, 0.29) is 18.4 Å². The number of carbonyl (C=O) groups is 2. The molecule has 9 heteroatoms. The van der Waals surface area contributed by atoms with Gasteiger partial charge in [0, 0.05) is 36.6 Å². The van der Waals surface area contributed by atoms with Crippen LogP contribution in [0.2, 0.25) is 0 Å². The van der Waals surface area contributed by atoms with Gasteiger partial charge in [-0.25, -0.2) is 0 Å². The molecule has 0 saturated carbocycles. The summed E-state index contributed by atoms with van der Waals surface area (Å²) in [5, 5.41) is 3.06. The fraction of sp³-hybridized carbons (Fsp3) is 0.257. The third kappa shape index (κ3) is 6.05. The third-order valence-electron chi connectivity index (χ3n) is 8.26. The predicted octanol–water partition coefficient (Wildman–Crippen LogP) is 6.97. The molecule has 0 aromatic heterocycles. The van der Waals surface area contributed by atoms with Gasteiger partial charge < -0.3 is 19.9 Å². The summed E-state index contributed by atoms with van der Waals surface area (Å²) >= 11 is 0. The zero-order valence-corrected chi connectivity index (χ0v) is 24.2. The Labute approximate surface area is 254 Å². The van der Waals surface area contributed by atoms with Crippen molar-refractivity contribution < 1.29 is 27.5 Å². The molecule has 2 amide bonds. The topological polar surface area (TPSA) is 61.9 Å². The molecule has 1 saturated heterocycles. The Bertz CT molecular complexity index is 1650. The Morgan fingerprint density at radius 2 is 1.61 bits per heavy atom. The average Bonchev–Trinajstić information content (AvgIpc) is 3.03. The van der Waals surface area contributed by atoms with Crippen LogP contribution in [0.15, 0.2) is 97.1 Å². The summed E-state index contributed by atoms with van der Waals surface area (Å²) in [6.45, 7) is 4.85. The molecule has 1 N–H and O–H groups in total. The summed E-state index contributed by atoms with van der Waals surface area (Å²) in [6, 6.07) is 26.1. The number of amides is 2. The van der Waals surface area contributed by atoms with Crippen molar-refractivity contribution in [1.29, 1.82) is 0 Å². The summed E-state index contributed by atoms with van der Waals surface area (Å²) in [5.41, 5.74) is 4.01. The Morgan fingerprint density at radius 3 is 2.32 bits per heavy atom. The van der Waals surface area contributed by atoms with Crippen LogP contribution in [-0.2, 0) is 22.3 Å². The van der Waals surface area contributed by atoms with E-state index in [1.807, 2.05) is 49.4 Å². The SMILES string of the molecule is Cc1ccc(CN2C(=O)c3ccccc3[C@@H](C(=O)Nc3cccc(N4CCOCC4)c3)[C@@H]2c2ccc(C(F)(F)F)cc2)cc1. The smallest absolute Gasteiger partial charge is 0.378 e. The van der Waals surface area contributed by atoms with Gasteiger partial charge in [-0.2, -0.15) is 13.2 Å². The Balaban J connectivity index is 1.42. The van der Waals surface area contributed by atoms with Crippen LogP contribution >= 0.6 is 0 Å². The molecule has 44 heavy (non-hydrogen) atoms. The zero-order valence-electron chi connectivity index (χ0n) is 24.2. The van der Waals surface area contributed by atoms with E-state index in [9.17, 15) is 22.8 Å². The van der Waals surface area contributed by atoms with Crippen molar-refractivity contribution in [1.82, 2.24) is 4.90 Å². The van der Waals surface area contributed by atoms with Gasteiger partial charge in [0.25, 0.3) is 5.91 Å². The fourth-order valence-corrected chi connectivity index (χ4v) is 6.00. The van der Waals surface area contributed by atoms with Gasteiger partial charge in [-0.1, -0.05) is 66.2 Å². The van der Waals surface area contributed by atoms with E-state index in [0.717, 1.165) is 42.0 Å². The molecule has 6 rings (SSSR count). The summed E-state index contributed by atoms with van der Waals surface area (Å²) in [5.74, 6) is -1.54. The zero-order chi connectivity index (χ0) is 30.8. The molecule has 0 bridgehead atoms. The van der Waals surface area contributed by atoms with Gasteiger partial charge in [0.05, 0.1) is 30.7 Å². The molecular weight excluding hydrogens is 567 g/mol. The van der Waals surface area contributed by atoms with Gasteiger partial charge in [0.1, 0.15) is 0 Å². The van der Waals surface area contributed by atoms with Crippen LogP contribution in [0.3, 0.4) is 0 Å². The van der Waals surface area contributed by atoms with Crippen LogP contribution in [-0.4, -0.2) is 43.0 Å². The minimum absolute atomic E-state index is 0.176. The van der Waals surface area contributed by atoms with E-state index in [4.69, 9.17) is 4.74 Å². The van der Waals surface area contributed by atoms with Gasteiger partial charge in [-0.05, 0) is 60.0 Å². The molecule has 6 nitrogen and oxygen atoms in total. The van der Waals surface area contributed by atoms with Gasteiger partial charge in [0.2, 0.25) is 5.91 Å². The lowest BCUT2D eigenvalue weighted by Crippen LogP contribution is -2.45. The van der Waals surface area contributed by atoms with Crippen LogP contribution in [0.4, 0.5) is 24.5 Å². The first-order valence-electron chi connectivity index (χ1n) is 14.6. The van der Waals surface area contributed by atoms with Crippen molar-refractivity contribution in [3.8, 4) is 0 Å². The molecule has 2 heterocycles. The predicted molar refractivity (Wildman–Crippen MR) is 163 cm³/mol. The Kier molecular flexibility index (Phi) is 8.14. The van der Waals surface area contributed by atoms with E-state index >= 15 is 0 Å². The molecule has 4 aromatic carbocycles. The summed E-state index contributed by atoms with van der Waals surface area (Å²) in [6.07, 6.45) is -4.52. The number of fused-ring (bicyclic) bond motifs is 1. The maximum atomic E-state index is 14.3. The lowest BCUT2D eigenvalue weighted by molar-refractivity contribution is -0.137. The number of hydrogen-bond donors (Lipinski definition) is 1. The number of ether oxygens (including phenoxy) is 1. The molecule has 2 atom stereocenters. The van der Waals surface area contributed by atoms with Gasteiger partial charge in [-0.3, -0.25) is 9.59 Å². The van der Waals surface area contributed by atoms with E-state index in [1.54, 1.807) is 35.2 Å². The average molecular weight is 600 g/mol. The van der Waals surface area contributed by atoms with Crippen molar-refractivity contribution >= 4 is 23.2 Å². The largest absolute Gasteiger partial charge is 0.416 e. The highest BCUT2D eigenvalue weighted by Crippen LogP contribution is 2.45. The van der Waals surface area contributed by atoms with E-state index in [2.05, 4.69) is 10.2 Å². The Morgan fingerprint density at radius 1 is 0.909 bits per heavy atom. The normalized spacial score (nSPS) is 18.6. The number of nitrogens with one attached hydrogen (secondary N) is 1. The summed E-state index contributed by atoms with van der Waals surface area (Å²) in [4.78, 5) is 32.1. The van der Waals surface area contributed by atoms with Crippen molar-refractivity contribution in [2.75, 3.05) is 36.5 Å². The number of nitrogens with zero attached hydrogens (tertiary/aromatic N) is 2. The van der Waals surface area contributed by atoms with E-state index in [0.29, 0.717) is 35.6 Å². The number of morpholine rings is 1. The molecule has 2 aliphatic heterocycles. The molecule has 0 unspecified atom stereocenters. The number of carbonyl (C=O) groups excluding carboxylic acids is 2. The lowest BCUT2D eigenvalue weighted by atomic mass is 9.78. The highest BCUT2D eigenvalue weighted by atomic mass is 19.4. The number of anilines is 2. The van der Waals surface area contributed by atoms with Crippen LogP contribution in [0.5, 0.6) is 0 Å². The summed E-state index contributed by atoms with van der Waals surface area (Å²) in [7, 11) is 0. The Hall–Kier alpha value is -4.63. The van der Waals surface area contributed by atoms with Crippen molar-refractivity contribution in [2.45, 2.75) is 31.6 Å². The van der Waals surface area contributed by atoms with Crippen LogP contribution in [0.1, 0.15) is 50.1 Å². The highest BCUT2D eigenvalue weighted by molar-refractivity contribution is 6.04. The fourth-order valence-electron chi connectivity index (χ4n) is 6.00. The number of halogens is 3. The van der Waals surface area contributed by atoms with Crippen LogP contribution < -0.4 is 10.2 Å².